The first-order chi connectivity index (χ1) is 15.6. The Balaban J connectivity index is 1.46. The van der Waals surface area contributed by atoms with Gasteiger partial charge in [-0.25, -0.2) is 0 Å². The van der Waals surface area contributed by atoms with Crippen molar-refractivity contribution < 1.29 is 14.3 Å². The number of carbonyl (C=O) groups excluding carboxylic acids is 2. The van der Waals surface area contributed by atoms with Crippen LogP contribution < -0.4 is 10.2 Å². The van der Waals surface area contributed by atoms with Crippen molar-refractivity contribution in [3.05, 3.63) is 87.6 Å². The summed E-state index contributed by atoms with van der Waals surface area (Å²) >= 11 is 1.44. The third-order valence-corrected chi connectivity index (χ3v) is 6.59. The van der Waals surface area contributed by atoms with Gasteiger partial charge in [0, 0.05) is 18.8 Å². The van der Waals surface area contributed by atoms with Crippen LogP contribution in [0.3, 0.4) is 0 Å². The van der Waals surface area contributed by atoms with Crippen LogP contribution in [0.15, 0.2) is 66.0 Å². The summed E-state index contributed by atoms with van der Waals surface area (Å²) in [6, 6.07) is 19.5. The molecule has 4 rings (SSSR count). The Morgan fingerprint density at radius 3 is 2.59 bits per heavy atom. The molecule has 0 spiro atoms. The first-order valence-corrected chi connectivity index (χ1v) is 11.9. The van der Waals surface area contributed by atoms with Gasteiger partial charge in [-0.1, -0.05) is 42.5 Å². The van der Waals surface area contributed by atoms with E-state index in [1.807, 2.05) is 53.9 Å². The highest BCUT2D eigenvalue weighted by Gasteiger charge is 2.20. The molecule has 1 atom stereocenters. The van der Waals surface area contributed by atoms with Gasteiger partial charge >= 0.3 is 0 Å². The highest BCUT2D eigenvalue weighted by atomic mass is 32.1. The molecule has 2 heterocycles. The maximum atomic E-state index is 13.3. The lowest BCUT2D eigenvalue weighted by Crippen LogP contribution is -2.32. The second kappa shape index (κ2) is 10.6. The number of aryl methyl sites for hydroxylation is 1. The summed E-state index contributed by atoms with van der Waals surface area (Å²) in [4.78, 5) is 28.1. The van der Waals surface area contributed by atoms with Gasteiger partial charge in [0.1, 0.15) is 0 Å². The van der Waals surface area contributed by atoms with Crippen molar-refractivity contribution in [2.45, 2.75) is 38.8 Å². The van der Waals surface area contributed by atoms with E-state index < -0.39 is 0 Å². The van der Waals surface area contributed by atoms with Gasteiger partial charge in [0.05, 0.1) is 23.9 Å². The van der Waals surface area contributed by atoms with Gasteiger partial charge in [-0.15, -0.1) is 11.3 Å². The lowest BCUT2D eigenvalue weighted by Gasteiger charge is -2.23. The van der Waals surface area contributed by atoms with E-state index in [-0.39, 0.29) is 17.9 Å². The van der Waals surface area contributed by atoms with Crippen molar-refractivity contribution in [1.82, 2.24) is 5.32 Å². The molecule has 2 aromatic carbocycles. The number of ether oxygens (including phenoxy) is 1. The Hall–Kier alpha value is -2.96. The number of nitrogens with zero attached hydrogens (tertiary/aromatic N) is 1. The van der Waals surface area contributed by atoms with Crippen LogP contribution in [0.2, 0.25) is 0 Å². The van der Waals surface area contributed by atoms with Crippen molar-refractivity contribution in [1.29, 1.82) is 0 Å². The maximum absolute atomic E-state index is 13.3. The Bertz CT molecular complexity index is 1040. The van der Waals surface area contributed by atoms with Crippen LogP contribution in [0.1, 0.15) is 39.2 Å². The fraction of sp³-hybridized carbons (Fsp3) is 0.308. The molecule has 166 valence electrons. The molecule has 0 bridgehead atoms. The summed E-state index contributed by atoms with van der Waals surface area (Å²) < 4.78 is 5.55. The predicted octanol–water partition coefficient (Wildman–Crippen LogP) is 4.74. The molecule has 1 saturated heterocycles. The van der Waals surface area contributed by atoms with Crippen LogP contribution in [-0.4, -0.2) is 31.1 Å². The molecule has 6 heteroatoms. The van der Waals surface area contributed by atoms with Crippen LogP contribution in [0.5, 0.6) is 0 Å². The summed E-state index contributed by atoms with van der Waals surface area (Å²) in [7, 11) is 0. The number of hydrogen-bond donors (Lipinski definition) is 1. The summed E-state index contributed by atoms with van der Waals surface area (Å²) in [5, 5.41) is 4.87. The number of rotatable bonds is 8. The molecule has 32 heavy (non-hydrogen) atoms. The molecule has 1 aromatic heterocycles. The number of benzene rings is 2. The molecule has 0 saturated carbocycles. The molecular weight excluding hydrogens is 420 g/mol. The third kappa shape index (κ3) is 5.64. The van der Waals surface area contributed by atoms with Gasteiger partial charge in [-0.05, 0) is 60.0 Å². The SMILES string of the molecule is Cc1ccccc1CN(C(=O)c1cccs1)c1ccc(CC(=O)NC[C@H]2CCCO2)cc1. The standard InChI is InChI=1S/C26H28N2O3S/c1-19-6-2-3-7-21(19)18-28(26(30)24-9-5-15-32-24)22-12-10-20(11-13-22)16-25(29)27-17-23-8-4-14-31-23/h2-3,5-7,9-13,15,23H,4,8,14,16-18H2,1H3,(H,27,29)/t23-/m1/s1. The molecule has 1 aliphatic heterocycles. The van der Waals surface area contributed by atoms with Crippen molar-refractivity contribution in [3.8, 4) is 0 Å². The second-order valence-corrected chi connectivity index (χ2v) is 9.03. The molecule has 5 nitrogen and oxygen atoms in total. The van der Waals surface area contributed by atoms with Crippen molar-refractivity contribution >= 4 is 28.8 Å². The van der Waals surface area contributed by atoms with Crippen molar-refractivity contribution in [3.63, 3.8) is 0 Å². The Morgan fingerprint density at radius 2 is 1.91 bits per heavy atom. The summed E-state index contributed by atoms with van der Waals surface area (Å²) in [6.07, 6.45) is 2.51. The molecule has 0 aliphatic carbocycles. The van der Waals surface area contributed by atoms with E-state index in [2.05, 4.69) is 24.4 Å². The number of thiophene rings is 1. The lowest BCUT2D eigenvalue weighted by atomic mass is 10.1. The minimum atomic E-state index is -0.0229. The van der Waals surface area contributed by atoms with Crippen molar-refractivity contribution in [2.24, 2.45) is 0 Å². The topological polar surface area (TPSA) is 58.6 Å². The van der Waals surface area contributed by atoms with Gasteiger partial charge in [-0.2, -0.15) is 0 Å². The zero-order valence-corrected chi connectivity index (χ0v) is 19.1. The molecule has 2 amide bonds. The van der Waals surface area contributed by atoms with E-state index in [0.717, 1.165) is 41.8 Å². The molecule has 1 aliphatic rings. The first-order valence-electron chi connectivity index (χ1n) is 11.0. The molecule has 1 N–H and O–H groups in total. The molecule has 0 radical (unpaired) electrons. The Kier molecular flexibility index (Phi) is 7.35. The van der Waals surface area contributed by atoms with Gasteiger partial charge < -0.3 is 15.0 Å². The van der Waals surface area contributed by atoms with Crippen LogP contribution in [0.25, 0.3) is 0 Å². The minimum Gasteiger partial charge on any atom is -0.376 e. The average Bonchev–Trinajstić information content (AvgIpc) is 3.52. The molecular formula is C26H28N2O3S. The van der Waals surface area contributed by atoms with E-state index in [4.69, 9.17) is 4.74 Å². The molecule has 1 fully saturated rings. The largest absolute Gasteiger partial charge is 0.376 e. The zero-order valence-electron chi connectivity index (χ0n) is 18.3. The Morgan fingerprint density at radius 1 is 1.09 bits per heavy atom. The smallest absolute Gasteiger partial charge is 0.268 e. The first kappa shape index (κ1) is 22.2. The predicted molar refractivity (Wildman–Crippen MR) is 128 cm³/mol. The van der Waals surface area contributed by atoms with Gasteiger partial charge in [-0.3, -0.25) is 9.59 Å². The summed E-state index contributed by atoms with van der Waals surface area (Å²) in [6.45, 7) is 3.90. The van der Waals surface area contributed by atoms with Crippen LogP contribution in [-0.2, 0) is 22.5 Å². The van der Waals surface area contributed by atoms with Gasteiger partial charge in [0.25, 0.3) is 5.91 Å². The summed E-state index contributed by atoms with van der Waals surface area (Å²) in [5.41, 5.74) is 3.99. The number of amides is 2. The van der Waals surface area contributed by atoms with Gasteiger partial charge in [0.15, 0.2) is 0 Å². The fourth-order valence-corrected chi connectivity index (χ4v) is 4.52. The molecule has 3 aromatic rings. The number of anilines is 1. The van der Waals surface area contributed by atoms with E-state index >= 15 is 0 Å². The van der Waals surface area contributed by atoms with E-state index in [0.29, 0.717) is 24.4 Å². The lowest BCUT2D eigenvalue weighted by molar-refractivity contribution is -0.120. The Labute approximate surface area is 193 Å². The summed E-state index contributed by atoms with van der Waals surface area (Å²) in [5.74, 6) is -0.0370. The second-order valence-electron chi connectivity index (χ2n) is 8.08. The third-order valence-electron chi connectivity index (χ3n) is 5.73. The monoisotopic (exact) mass is 448 g/mol. The number of carbonyl (C=O) groups is 2. The quantitative estimate of drug-likeness (QED) is 0.541. The zero-order chi connectivity index (χ0) is 22.3. The molecule has 0 unspecified atom stereocenters. The van der Waals surface area contributed by atoms with Crippen LogP contribution >= 0.6 is 11.3 Å². The minimum absolute atomic E-state index is 0.0142. The van der Waals surface area contributed by atoms with E-state index in [1.165, 1.54) is 11.3 Å². The van der Waals surface area contributed by atoms with Crippen molar-refractivity contribution in [2.75, 3.05) is 18.1 Å². The normalized spacial score (nSPS) is 15.5. The fourth-order valence-electron chi connectivity index (χ4n) is 3.85. The highest BCUT2D eigenvalue weighted by Crippen LogP contribution is 2.24. The van der Waals surface area contributed by atoms with E-state index in [1.54, 1.807) is 4.90 Å². The maximum Gasteiger partial charge on any atom is 0.268 e. The number of nitrogens with one attached hydrogen (secondary N) is 1. The highest BCUT2D eigenvalue weighted by molar-refractivity contribution is 7.12. The van der Waals surface area contributed by atoms with Gasteiger partial charge in [0.2, 0.25) is 5.91 Å². The van der Waals surface area contributed by atoms with Crippen LogP contribution in [0.4, 0.5) is 5.69 Å². The number of hydrogen-bond acceptors (Lipinski definition) is 4. The average molecular weight is 449 g/mol. The van der Waals surface area contributed by atoms with E-state index in [9.17, 15) is 9.59 Å². The van der Waals surface area contributed by atoms with Crippen LogP contribution in [0, 0.1) is 6.92 Å².